The summed E-state index contributed by atoms with van der Waals surface area (Å²) in [7, 11) is -2.39. The topological polar surface area (TPSA) is 154 Å². The van der Waals surface area contributed by atoms with E-state index in [1.54, 1.807) is 23.3 Å². The first kappa shape index (κ1) is 35.6. The first-order chi connectivity index (χ1) is 22.1. The average molecular weight is 656 g/mol. The lowest BCUT2D eigenvalue weighted by Crippen LogP contribution is -2.56. The molecule has 2 unspecified atom stereocenters. The molecule has 5 atom stereocenters. The van der Waals surface area contributed by atoms with Gasteiger partial charge in [0.25, 0.3) is 0 Å². The van der Waals surface area contributed by atoms with Crippen molar-refractivity contribution in [2.45, 2.75) is 95.0 Å². The van der Waals surface area contributed by atoms with Gasteiger partial charge in [-0.2, -0.15) is 0 Å². The highest BCUT2D eigenvalue weighted by atomic mass is 32.2. The minimum absolute atomic E-state index is 0.0146. The standard InChI is InChI=1S/C34H49N5O6S/c1-3-10-29(34(43)37-30(22-26-13-8-5-9-14-26)32(41)31(40)27-15-16-27)36-33(42)28(21-25-11-6-4-7-12-25)23-46(44,45)38(2)19-20-39-18-17-35-24-39/h1,4,6-7,11-12,17-18,24,26-32,40-41H,5,8-10,13-16,19-23H2,2H3,(H,36,42)(H,37,43)/t28-,29+,30?,31+,32?/m1/s1. The number of imidazole rings is 1. The fraction of sp³-hybridized carbons (Fsp3) is 0.618. The lowest BCUT2D eigenvalue weighted by molar-refractivity contribution is -0.132. The highest BCUT2D eigenvalue weighted by Crippen LogP contribution is 2.36. The third-order valence-electron chi connectivity index (χ3n) is 9.28. The van der Waals surface area contributed by atoms with Gasteiger partial charge in [-0.25, -0.2) is 17.7 Å². The Morgan fingerprint density at radius 3 is 2.43 bits per heavy atom. The Morgan fingerprint density at radius 1 is 1.09 bits per heavy atom. The zero-order valence-electron chi connectivity index (χ0n) is 26.7. The molecule has 252 valence electrons. The van der Waals surface area contributed by atoms with Gasteiger partial charge >= 0.3 is 0 Å². The van der Waals surface area contributed by atoms with E-state index in [0.717, 1.165) is 50.5 Å². The minimum atomic E-state index is -3.87. The fourth-order valence-electron chi connectivity index (χ4n) is 6.24. The molecule has 2 amide bonds. The van der Waals surface area contributed by atoms with Crippen LogP contribution in [0, 0.1) is 30.1 Å². The van der Waals surface area contributed by atoms with Crippen LogP contribution in [0.25, 0.3) is 0 Å². The van der Waals surface area contributed by atoms with E-state index in [4.69, 9.17) is 6.42 Å². The number of likely N-dealkylation sites (N-methyl/N-ethyl adjacent to an activating group) is 1. The van der Waals surface area contributed by atoms with Crippen molar-refractivity contribution < 1.29 is 28.2 Å². The van der Waals surface area contributed by atoms with Gasteiger partial charge < -0.3 is 25.4 Å². The molecule has 0 aliphatic heterocycles. The number of amides is 2. The Kier molecular flexibility index (Phi) is 13.2. The molecule has 4 N–H and O–H groups in total. The monoisotopic (exact) mass is 655 g/mol. The van der Waals surface area contributed by atoms with Crippen molar-refractivity contribution in [3.63, 3.8) is 0 Å². The van der Waals surface area contributed by atoms with Crippen LogP contribution in [0.4, 0.5) is 0 Å². The molecular formula is C34H49N5O6S. The van der Waals surface area contributed by atoms with Crippen molar-refractivity contribution in [1.29, 1.82) is 0 Å². The Morgan fingerprint density at radius 2 is 1.80 bits per heavy atom. The SMILES string of the molecule is C#CC[C@H](NC(=O)[C@H](Cc1ccccc1)CS(=O)(=O)N(C)CCn1ccnc1)C(=O)NC(CC1CCCCC1)C(O)[C@@H](O)C1CC1. The Bertz CT molecular complexity index is 1390. The van der Waals surface area contributed by atoms with Crippen molar-refractivity contribution in [3.8, 4) is 12.3 Å². The molecule has 2 aliphatic rings. The Hall–Kier alpha value is -3.24. The maximum Gasteiger partial charge on any atom is 0.243 e. The quantitative estimate of drug-likeness (QED) is 0.180. The second kappa shape index (κ2) is 17.1. The average Bonchev–Trinajstić information content (AvgIpc) is 3.77. The van der Waals surface area contributed by atoms with E-state index >= 15 is 0 Å². The predicted octanol–water partition coefficient (Wildman–Crippen LogP) is 2.10. The van der Waals surface area contributed by atoms with Crippen LogP contribution in [0.15, 0.2) is 49.1 Å². The van der Waals surface area contributed by atoms with Crippen molar-refractivity contribution in [2.75, 3.05) is 19.3 Å². The van der Waals surface area contributed by atoms with Crippen LogP contribution >= 0.6 is 0 Å². The molecule has 2 saturated carbocycles. The van der Waals surface area contributed by atoms with Crippen LogP contribution < -0.4 is 10.6 Å². The number of hydrogen-bond acceptors (Lipinski definition) is 7. The van der Waals surface area contributed by atoms with E-state index in [9.17, 15) is 28.2 Å². The number of carbonyl (C=O) groups excluding carboxylic acids is 2. The molecule has 11 nitrogen and oxygen atoms in total. The summed E-state index contributed by atoms with van der Waals surface area (Å²) in [5.41, 5.74) is 0.779. The summed E-state index contributed by atoms with van der Waals surface area (Å²) in [6, 6.07) is 7.28. The third kappa shape index (κ3) is 10.7. The summed E-state index contributed by atoms with van der Waals surface area (Å²) in [6.07, 6.45) is 16.0. The molecular weight excluding hydrogens is 606 g/mol. The molecule has 0 radical (unpaired) electrons. The van der Waals surface area contributed by atoms with Gasteiger partial charge in [-0.15, -0.1) is 12.3 Å². The number of aliphatic hydroxyl groups excluding tert-OH is 2. The minimum Gasteiger partial charge on any atom is -0.390 e. The van der Waals surface area contributed by atoms with Crippen molar-refractivity contribution in [3.05, 3.63) is 54.6 Å². The van der Waals surface area contributed by atoms with Gasteiger partial charge in [-0.3, -0.25) is 9.59 Å². The molecule has 12 heteroatoms. The number of benzene rings is 1. The smallest absolute Gasteiger partial charge is 0.243 e. The van der Waals surface area contributed by atoms with Crippen LogP contribution in [-0.2, 0) is 32.6 Å². The van der Waals surface area contributed by atoms with Gasteiger partial charge in [0.2, 0.25) is 21.8 Å². The van der Waals surface area contributed by atoms with Crippen LogP contribution in [0.1, 0.15) is 63.4 Å². The van der Waals surface area contributed by atoms with Crippen LogP contribution in [0.3, 0.4) is 0 Å². The van der Waals surface area contributed by atoms with Crippen molar-refractivity contribution in [2.24, 2.45) is 17.8 Å². The maximum atomic E-state index is 13.8. The van der Waals surface area contributed by atoms with Crippen LogP contribution in [-0.4, -0.2) is 87.9 Å². The summed E-state index contributed by atoms with van der Waals surface area (Å²) in [5.74, 6) is 0.147. The van der Waals surface area contributed by atoms with Gasteiger partial charge in [0.05, 0.1) is 30.1 Å². The first-order valence-electron chi connectivity index (χ1n) is 16.4. The predicted molar refractivity (Wildman–Crippen MR) is 176 cm³/mol. The van der Waals surface area contributed by atoms with E-state index in [2.05, 4.69) is 21.5 Å². The van der Waals surface area contributed by atoms with E-state index in [-0.39, 0.29) is 25.3 Å². The van der Waals surface area contributed by atoms with E-state index in [1.165, 1.54) is 11.4 Å². The summed E-state index contributed by atoms with van der Waals surface area (Å²) in [4.78, 5) is 31.4. The normalized spacial score (nSPS) is 19.0. The van der Waals surface area contributed by atoms with Crippen molar-refractivity contribution in [1.82, 2.24) is 24.5 Å². The zero-order valence-corrected chi connectivity index (χ0v) is 27.5. The number of nitrogens with one attached hydrogen (secondary N) is 2. The number of carbonyl (C=O) groups is 2. The molecule has 0 saturated heterocycles. The molecule has 1 heterocycles. The molecule has 46 heavy (non-hydrogen) atoms. The summed E-state index contributed by atoms with van der Waals surface area (Å²) >= 11 is 0. The fourth-order valence-corrected chi connectivity index (χ4v) is 7.63. The number of aromatic nitrogens is 2. The Balaban J connectivity index is 1.47. The van der Waals surface area contributed by atoms with Crippen LogP contribution in [0.5, 0.6) is 0 Å². The maximum absolute atomic E-state index is 13.8. The lowest BCUT2D eigenvalue weighted by atomic mass is 9.82. The number of hydrogen-bond donors (Lipinski definition) is 4. The molecule has 2 aliphatic carbocycles. The van der Waals surface area contributed by atoms with E-state index < -0.39 is 57.8 Å². The van der Waals surface area contributed by atoms with Crippen LogP contribution in [0.2, 0.25) is 0 Å². The van der Waals surface area contributed by atoms with Gasteiger partial charge in [-0.05, 0) is 43.1 Å². The molecule has 1 aromatic heterocycles. The number of aliphatic hydroxyl groups is 2. The number of rotatable bonds is 18. The largest absolute Gasteiger partial charge is 0.390 e. The summed E-state index contributed by atoms with van der Waals surface area (Å²) < 4.78 is 29.9. The number of terminal acetylenes is 1. The molecule has 2 fully saturated rings. The second-order valence-corrected chi connectivity index (χ2v) is 15.1. The highest BCUT2D eigenvalue weighted by molar-refractivity contribution is 7.89. The zero-order chi connectivity index (χ0) is 33.1. The first-order valence-corrected chi connectivity index (χ1v) is 18.0. The highest BCUT2D eigenvalue weighted by Gasteiger charge is 2.40. The third-order valence-corrected chi connectivity index (χ3v) is 11.2. The second-order valence-electron chi connectivity index (χ2n) is 12.9. The summed E-state index contributed by atoms with van der Waals surface area (Å²) in [6.45, 7) is 0.594. The van der Waals surface area contributed by atoms with Gasteiger partial charge in [0, 0.05) is 39.0 Å². The van der Waals surface area contributed by atoms with Crippen molar-refractivity contribution >= 4 is 21.8 Å². The molecule has 0 bridgehead atoms. The Labute approximate surface area is 273 Å². The summed E-state index contributed by atoms with van der Waals surface area (Å²) in [5, 5.41) is 27.5. The van der Waals surface area contributed by atoms with Gasteiger partial charge in [0.15, 0.2) is 0 Å². The number of nitrogens with zero attached hydrogens (tertiary/aromatic N) is 3. The van der Waals surface area contributed by atoms with Gasteiger partial charge in [0.1, 0.15) is 12.1 Å². The van der Waals surface area contributed by atoms with E-state index in [0.29, 0.717) is 18.9 Å². The molecule has 0 spiro atoms. The lowest BCUT2D eigenvalue weighted by Gasteiger charge is -2.33. The van der Waals surface area contributed by atoms with E-state index in [1.807, 2.05) is 30.3 Å². The van der Waals surface area contributed by atoms with Gasteiger partial charge in [-0.1, -0.05) is 62.4 Å². The number of sulfonamides is 1. The molecule has 2 aromatic rings. The molecule has 4 rings (SSSR count). The molecule has 1 aromatic carbocycles.